The average molecular weight is 513 g/mol. The van der Waals surface area contributed by atoms with Gasteiger partial charge in [-0.05, 0) is 86.3 Å². The first kappa shape index (κ1) is 27.0. The predicted octanol–water partition coefficient (Wildman–Crippen LogP) is 7.50. The summed E-state index contributed by atoms with van der Waals surface area (Å²) in [7, 11) is 0. The van der Waals surface area contributed by atoms with Crippen LogP contribution in [0.1, 0.15) is 82.3 Å². The maximum Gasteiger partial charge on any atom is 0.403 e. The molecule has 4 N–H and O–H groups in total. The number of alkyl halides is 2. The fourth-order valence-corrected chi connectivity index (χ4v) is 5.83. The third-order valence-corrected chi connectivity index (χ3v) is 8.41. The Morgan fingerprint density at radius 1 is 1.00 bits per heavy atom. The summed E-state index contributed by atoms with van der Waals surface area (Å²) in [6.45, 7) is 2.22. The molecule has 0 amide bonds. The van der Waals surface area contributed by atoms with Crippen LogP contribution in [-0.4, -0.2) is 12.1 Å². The fraction of sp³-hybridized carbons (Fsp3) is 0.500. The molecule has 5 nitrogen and oxygen atoms in total. The monoisotopic (exact) mass is 512 g/mol. The number of nitrogen functional groups attached to an aromatic ring is 2. The molecular formula is C30H38F2N2O3. The van der Waals surface area contributed by atoms with E-state index in [1.54, 1.807) is 36.4 Å². The first-order valence-corrected chi connectivity index (χ1v) is 13.3. The molecule has 3 aliphatic rings. The Morgan fingerprint density at radius 3 is 2.30 bits per heavy atom. The molecule has 2 aromatic rings. The van der Waals surface area contributed by atoms with E-state index in [-0.39, 0.29) is 17.8 Å². The third-order valence-electron chi connectivity index (χ3n) is 8.41. The van der Waals surface area contributed by atoms with Gasteiger partial charge in [0.1, 0.15) is 12.4 Å². The van der Waals surface area contributed by atoms with Gasteiger partial charge in [-0.1, -0.05) is 44.4 Å². The third kappa shape index (κ3) is 6.25. The molecule has 3 fully saturated rings. The van der Waals surface area contributed by atoms with E-state index in [0.717, 1.165) is 19.3 Å². The van der Waals surface area contributed by atoms with Crippen molar-refractivity contribution in [1.82, 2.24) is 0 Å². The number of esters is 1. The molecule has 7 heteroatoms. The second kappa shape index (κ2) is 11.1. The van der Waals surface area contributed by atoms with Gasteiger partial charge in [0.2, 0.25) is 0 Å². The largest absolute Gasteiger partial charge is 0.458 e. The lowest BCUT2D eigenvalue weighted by Gasteiger charge is -2.55. The normalized spacial score (nSPS) is 23.3. The minimum Gasteiger partial charge on any atom is -0.458 e. The highest BCUT2D eigenvalue weighted by Crippen LogP contribution is 2.63. The van der Waals surface area contributed by atoms with Gasteiger partial charge >= 0.3 is 12.1 Å². The van der Waals surface area contributed by atoms with E-state index in [1.807, 2.05) is 0 Å². The standard InChI is InChI=1S/C30H38F2N2O3/c1-2-3-4-13-28-14-17-29(18-15-28,19-16-28)30(31,32)37-25-10-5-22(6-11-25)7-12-27(35)36-21-23-8-9-24(33)20-26(23)34/h5-12,20H,2-4,13-19,21,33-34H2,1H3/b12-7+. The summed E-state index contributed by atoms with van der Waals surface area (Å²) in [4.78, 5) is 12.1. The van der Waals surface area contributed by atoms with Crippen molar-refractivity contribution in [3.63, 3.8) is 0 Å². The van der Waals surface area contributed by atoms with Crippen molar-refractivity contribution >= 4 is 23.4 Å². The van der Waals surface area contributed by atoms with E-state index in [2.05, 4.69) is 6.92 Å². The van der Waals surface area contributed by atoms with Crippen LogP contribution in [0.2, 0.25) is 0 Å². The molecule has 0 unspecified atom stereocenters. The Balaban J connectivity index is 1.29. The lowest BCUT2D eigenvalue weighted by atomic mass is 9.52. The smallest absolute Gasteiger partial charge is 0.403 e. The lowest BCUT2D eigenvalue weighted by molar-refractivity contribution is -0.289. The molecule has 2 bridgehead atoms. The highest BCUT2D eigenvalue weighted by atomic mass is 19.3. The SMILES string of the molecule is CCCCCC12CCC(C(F)(F)Oc3ccc(/C=C/C(=O)OCc4ccc(N)cc4N)cc3)(CC1)CC2. The van der Waals surface area contributed by atoms with Gasteiger partial charge in [0, 0.05) is 23.0 Å². The molecule has 0 atom stereocenters. The second-order valence-corrected chi connectivity index (χ2v) is 10.8. The highest BCUT2D eigenvalue weighted by Gasteiger charge is 2.62. The molecule has 3 aliphatic carbocycles. The van der Waals surface area contributed by atoms with Gasteiger partial charge in [-0.15, -0.1) is 0 Å². The Morgan fingerprint density at radius 2 is 1.68 bits per heavy atom. The number of nitrogens with two attached hydrogens (primary N) is 2. The minimum absolute atomic E-state index is 0.0265. The quantitative estimate of drug-likeness (QED) is 0.141. The van der Waals surface area contributed by atoms with Crippen LogP contribution in [0.15, 0.2) is 48.5 Å². The maximum absolute atomic E-state index is 15.4. The molecule has 0 aromatic heterocycles. The number of unbranched alkanes of at least 4 members (excludes halogenated alkanes) is 2. The van der Waals surface area contributed by atoms with Crippen LogP contribution in [0.3, 0.4) is 0 Å². The number of halogens is 2. The molecule has 37 heavy (non-hydrogen) atoms. The summed E-state index contributed by atoms with van der Waals surface area (Å²) in [5.74, 6) is -0.411. The van der Waals surface area contributed by atoms with E-state index in [4.69, 9.17) is 20.9 Å². The number of carbonyl (C=O) groups excluding carboxylic acids is 1. The van der Waals surface area contributed by atoms with Crippen LogP contribution >= 0.6 is 0 Å². The van der Waals surface area contributed by atoms with Gasteiger partial charge in [0.05, 0.1) is 5.41 Å². The van der Waals surface area contributed by atoms with Gasteiger partial charge in [-0.3, -0.25) is 0 Å². The summed E-state index contributed by atoms with van der Waals surface area (Å²) in [5, 5.41) is 0. The molecule has 5 rings (SSSR count). The zero-order chi connectivity index (χ0) is 26.5. The summed E-state index contributed by atoms with van der Waals surface area (Å²) in [5.41, 5.74) is 13.1. The molecule has 0 aliphatic heterocycles. The summed E-state index contributed by atoms with van der Waals surface area (Å²) >= 11 is 0. The number of hydrogen-bond acceptors (Lipinski definition) is 5. The van der Waals surface area contributed by atoms with E-state index in [1.165, 1.54) is 43.9 Å². The number of ether oxygens (including phenoxy) is 2. The zero-order valence-electron chi connectivity index (χ0n) is 21.6. The van der Waals surface area contributed by atoms with E-state index in [0.29, 0.717) is 41.8 Å². The number of rotatable bonds is 11. The zero-order valence-corrected chi connectivity index (χ0v) is 21.6. The van der Waals surface area contributed by atoms with Crippen molar-refractivity contribution in [1.29, 1.82) is 0 Å². The summed E-state index contributed by atoms with van der Waals surface area (Å²) in [6.07, 6.45) is 8.61. The van der Waals surface area contributed by atoms with Crippen LogP contribution < -0.4 is 16.2 Å². The topological polar surface area (TPSA) is 87.6 Å². The van der Waals surface area contributed by atoms with Crippen LogP contribution in [0.25, 0.3) is 6.08 Å². The molecule has 3 saturated carbocycles. The van der Waals surface area contributed by atoms with Gasteiger partial charge in [0.25, 0.3) is 0 Å². The summed E-state index contributed by atoms with van der Waals surface area (Å²) < 4.78 is 41.4. The van der Waals surface area contributed by atoms with Gasteiger partial charge < -0.3 is 20.9 Å². The highest BCUT2D eigenvalue weighted by molar-refractivity contribution is 5.87. The number of carbonyl (C=O) groups is 1. The predicted molar refractivity (Wildman–Crippen MR) is 143 cm³/mol. The van der Waals surface area contributed by atoms with Crippen molar-refractivity contribution in [3.05, 3.63) is 59.7 Å². The first-order valence-electron chi connectivity index (χ1n) is 13.3. The number of hydrogen-bond donors (Lipinski definition) is 2. The van der Waals surface area contributed by atoms with E-state index >= 15 is 8.78 Å². The molecule has 200 valence electrons. The van der Waals surface area contributed by atoms with Crippen molar-refractivity contribution in [2.45, 2.75) is 83.8 Å². The Kier molecular flexibility index (Phi) is 8.10. The molecular weight excluding hydrogens is 474 g/mol. The number of fused-ring (bicyclic) bond motifs is 3. The molecule has 0 spiro atoms. The van der Waals surface area contributed by atoms with Crippen LogP contribution in [-0.2, 0) is 16.1 Å². The Labute approximate surface area is 218 Å². The molecule has 2 aromatic carbocycles. The van der Waals surface area contributed by atoms with Gasteiger partial charge in [0.15, 0.2) is 0 Å². The Hall–Kier alpha value is -3.09. The fourth-order valence-electron chi connectivity index (χ4n) is 5.83. The van der Waals surface area contributed by atoms with Gasteiger partial charge in [-0.2, -0.15) is 8.78 Å². The van der Waals surface area contributed by atoms with Crippen LogP contribution in [0.4, 0.5) is 20.2 Å². The average Bonchev–Trinajstić information content (AvgIpc) is 2.89. The molecule has 0 radical (unpaired) electrons. The van der Waals surface area contributed by atoms with Crippen molar-refractivity contribution in [3.8, 4) is 5.75 Å². The maximum atomic E-state index is 15.4. The first-order chi connectivity index (χ1) is 17.7. The number of anilines is 2. The van der Waals surface area contributed by atoms with Crippen molar-refractivity contribution in [2.75, 3.05) is 11.5 Å². The van der Waals surface area contributed by atoms with Crippen LogP contribution in [0.5, 0.6) is 5.75 Å². The second-order valence-electron chi connectivity index (χ2n) is 10.8. The molecule has 0 heterocycles. The van der Waals surface area contributed by atoms with Crippen LogP contribution in [0, 0.1) is 10.8 Å². The number of benzene rings is 2. The van der Waals surface area contributed by atoms with Crippen molar-refractivity contribution < 1.29 is 23.0 Å². The van der Waals surface area contributed by atoms with E-state index < -0.39 is 17.5 Å². The summed E-state index contributed by atoms with van der Waals surface area (Å²) in [6, 6.07) is 11.3. The van der Waals surface area contributed by atoms with E-state index in [9.17, 15) is 4.79 Å². The minimum atomic E-state index is -3.21. The lowest BCUT2D eigenvalue weighted by Crippen LogP contribution is -2.53. The van der Waals surface area contributed by atoms with Crippen molar-refractivity contribution in [2.24, 2.45) is 10.8 Å². The molecule has 0 saturated heterocycles. The Bertz CT molecular complexity index is 1090. The van der Waals surface area contributed by atoms with Gasteiger partial charge in [-0.25, -0.2) is 4.79 Å².